The van der Waals surface area contributed by atoms with E-state index in [0.717, 1.165) is 0 Å². The van der Waals surface area contributed by atoms with Gasteiger partial charge < -0.3 is 5.32 Å². The van der Waals surface area contributed by atoms with Crippen molar-refractivity contribution in [3.05, 3.63) is 0 Å². The van der Waals surface area contributed by atoms with Crippen LogP contribution in [0.5, 0.6) is 0 Å². The predicted octanol–water partition coefficient (Wildman–Crippen LogP) is 0.578. The molecule has 0 unspecified atom stereocenters. The quantitative estimate of drug-likeness (QED) is 0.556. The highest BCUT2D eigenvalue weighted by Crippen LogP contribution is 1.78. The van der Waals surface area contributed by atoms with Gasteiger partial charge in [-0.15, -0.1) is 0 Å². The van der Waals surface area contributed by atoms with Gasteiger partial charge in [-0.05, 0) is 23.0 Å². The molecule has 6 heavy (non-hydrogen) atoms. The van der Waals surface area contributed by atoms with Crippen LogP contribution in [0.1, 0.15) is 0 Å². The Hall–Kier alpha value is 0.110. The fourth-order valence-electron chi connectivity index (χ4n) is 0.155. The van der Waals surface area contributed by atoms with Gasteiger partial charge in [0.25, 0.3) is 0 Å². The van der Waals surface area contributed by atoms with Gasteiger partial charge in [-0.25, -0.2) is 0 Å². The fourth-order valence-corrected chi connectivity index (χ4v) is 0.436. The molecule has 0 fully saturated rings. The summed E-state index contributed by atoms with van der Waals surface area (Å²) in [7, 11) is 1.80. The smallest absolute Gasteiger partial charge is 0.0877 e. The number of nitrogens with one attached hydrogen (secondary N) is 2. The minimum absolute atomic E-state index is 0.491. The van der Waals surface area contributed by atoms with E-state index in [-0.39, 0.29) is 0 Å². The van der Waals surface area contributed by atoms with E-state index in [1.165, 1.54) is 0 Å². The number of hydrogen-bond donors (Lipinski definition) is 2. The lowest BCUT2D eigenvalue weighted by Gasteiger charge is -1.86. The average Bonchev–Trinajstić information content (AvgIpc) is 1.35. The molecule has 0 aliphatic heterocycles. The summed E-state index contributed by atoms with van der Waals surface area (Å²) in [6.45, 7) is 0.625. The summed E-state index contributed by atoms with van der Waals surface area (Å²) in [5.74, 6) is 0. The second-order valence-electron chi connectivity index (χ2n) is 0.935. The van der Waals surface area contributed by atoms with Gasteiger partial charge in [0.05, 0.1) is 4.62 Å². The molecular weight excluding hydrogens is 144 g/mol. The Labute approximate surface area is 45.6 Å². The third-order valence-electron chi connectivity index (χ3n) is 0.332. The maximum atomic E-state index is 6.75. The first-order chi connectivity index (χ1) is 2.77. The van der Waals surface area contributed by atoms with Crippen molar-refractivity contribution in [2.45, 2.75) is 0 Å². The molecule has 0 aliphatic carbocycles. The van der Waals surface area contributed by atoms with E-state index in [1.807, 2.05) is 0 Å². The Morgan fingerprint density at radius 1 is 2.00 bits per heavy atom. The number of halogens is 1. The second kappa shape index (κ2) is 3.31. The van der Waals surface area contributed by atoms with Crippen LogP contribution in [0, 0.1) is 5.41 Å². The largest absolute Gasteiger partial charge is 0.314 e. The molecule has 0 amide bonds. The van der Waals surface area contributed by atoms with Gasteiger partial charge in [-0.1, -0.05) is 0 Å². The molecular formula is C3H7BrN2. The minimum atomic E-state index is 0.491. The van der Waals surface area contributed by atoms with Gasteiger partial charge in [0.2, 0.25) is 0 Å². The van der Waals surface area contributed by atoms with Crippen LogP contribution in [0.15, 0.2) is 0 Å². The van der Waals surface area contributed by atoms with Gasteiger partial charge in [-0.2, -0.15) is 0 Å². The minimum Gasteiger partial charge on any atom is -0.314 e. The zero-order chi connectivity index (χ0) is 4.99. The van der Waals surface area contributed by atoms with Crippen molar-refractivity contribution in [3.63, 3.8) is 0 Å². The van der Waals surface area contributed by atoms with E-state index in [2.05, 4.69) is 21.2 Å². The van der Waals surface area contributed by atoms with Gasteiger partial charge in [0.15, 0.2) is 0 Å². The summed E-state index contributed by atoms with van der Waals surface area (Å²) in [6.07, 6.45) is 0. The Morgan fingerprint density at radius 3 is 2.50 bits per heavy atom. The highest BCUT2D eigenvalue weighted by atomic mass is 79.9. The molecule has 2 N–H and O–H groups in total. The lowest BCUT2D eigenvalue weighted by molar-refractivity contribution is 0.952. The molecule has 2 nitrogen and oxygen atoms in total. The molecule has 0 aromatic rings. The molecule has 0 heterocycles. The number of rotatable bonds is 2. The zero-order valence-corrected chi connectivity index (χ0v) is 5.17. The predicted molar refractivity (Wildman–Crippen MR) is 30.6 cm³/mol. The maximum Gasteiger partial charge on any atom is 0.0877 e. The lowest BCUT2D eigenvalue weighted by Crippen LogP contribution is -2.12. The van der Waals surface area contributed by atoms with Gasteiger partial charge in [-0.3, -0.25) is 5.41 Å². The van der Waals surface area contributed by atoms with Crippen molar-refractivity contribution in [1.82, 2.24) is 5.32 Å². The zero-order valence-electron chi connectivity index (χ0n) is 3.59. The van der Waals surface area contributed by atoms with Crippen LogP contribution < -0.4 is 5.32 Å². The molecule has 36 valence electrons. The lowest BCUT2D eigenvalue weighted by atomic mass is 10.7. The van der Waals surface area contributed by atoms with E-state index in [1.54, 1.807) is 7.05 Å². The molecule has 0 radical (unpaired) electrons. The maximum absolute atomic E-state index is 6.75. The summed E-state index contributed by atoms with van der Waals surface area (Å²) in [6, 6.07) is 0. The van der Waals surface area contributed by atoms with E-state index in [4.69, 9.17) is 5.41 Å². The third-order valence-corrected chi connectivity index (χ3v) is 0.612. The van der Waals surface area contributed by atoms with Crippen LogP contribution in [0.4, 0.5) is 0 Å². The Balaban J connectivity index is 2.83. The normalized spacial score (nSPS) is 8.33. The third kappa shape index (κ3) is 4.11. The van der Waals surface area contributed by atoms with E-state index < -0.39 is 0 Å². The molecule has 0 spiro atoms. The molecule has 0 saturated carbocycles. The molecule has 0 rings (SSSR count). The fraction of sp³-hybridized carbons (Fsp3) is 0.667. The topological polar surface area (TPSA) is 35.9 Å². The van der Waals surface area contributed by atoms with Crippen molar-refractivity contribution < 1.29 is 0 Å². The Kier molecular flexibility index (Phi) is 3.37. The summed E-state index contributed by atoms with van der Waals surface area (Å²) in [5.41, 5.74) is 0. The number of hydrogen-bond acceptors (Lipinski definition) is 2. The second-order valence-corrected chi connectivity index (χ2v) is 1.89. The first kappa shape index (κ1) is 6.11. The molecule has 0 saturated heterocycles. The van der Waals surface area contributed by atoms with Crippen LogP contribution in [0.25, 0.3) is 0 Å². The first-order valence-electron chi connectivity index (χ1n) is 1.65. The Morgan fingerprint density at radius 2 is 2.50 bits per heavy atom. The molecule has 0 bridgehead atoms. The molecule has 0 atom stereocenters. The van der Waals surface area contributed by atoms with E-state index in [9.17, 15) is 0 Å². The molecule has 0 aromatic carbocycles. The van der Waals surface area contributed by atoms with Crippen molar-refractivity contribution in [2.24, 2.45) is 0 Å². The van der Waals surface area contributed by atoms with Crippen LogP contribution in [0.3, 0.4) is 0 Å². The highest BCUT2D eigenvalue weighted by molar-refractivity contribution is 9.18. The van der Waals surface area contributed by atoms with Gasteiger partial charge in [0, 0.05) is 6.54 Å². The summed E-state index contributed by atoms with van der Waals surface area (Å²) in [5, 5.41) is 9.54. The molecule has 0 aliphatic rings. The van der Waals surface area contributed by atoms with Crippen LogP contribution in [-0.4, -0.2) is 18.2 Å². The van der Waals surface area contributed by atoms with Crippen molar-refractivity contribution in [3.8, 4) is 0 Å². The van der Waals surface area contributed by atoms with Crippen molar-refractivity contribution in [2.75, 3.05) is 13.6 Å². The SMILES string of the molecule is CNCC(=N)Br. The van der Waals surface area contributed by atoms with Crippen molar-refractivity contribution >= 4 is 20.6 Å². The van der Waals surface area contributed by atoms with E-state index in [0.29, 0.717) is 11.2 Å². The Bertz CT molecular complexity index is 52.8. The first-order valence-corrected chi connectivity index (χ1v) is 2.44. The summed E-state index contributed by atoms with van der Waals surface area (Å²) >= 11 is 2.96. The van der Waals surface area contributed by atoms with Gasteiger partial charge in [0.1, 0.15) is 0 Å². The van der Waals surface area contributed by atoms with E-state index >= 15 is 0 Å². The highest BCUT2D eigenvalue weighted by Gasteiger charge is 1.79. The standard InChI is InChI=1S/C3H7BrN2/c1-6-2-3(4)5/h5-6H,2H2,1H3. The molecule has 0 aromatic heterocycles. The average molecular weight is 151 g/mol. The van der Waals surface area contributed by atoms with Crippen molar-refractivity contribution in [1.29, 1.82) is 5.41 Å². The monoisotopic (exact) mass is 150 g/mol. The summed E-state index contributed by atoms with van der Waals surface area (Å²) in [4.78, 5) is 0. The molecule has 3 heteroatoms. The summed E-state index contributed by atoms with van der Waals surface area (Å²) < 4.78 is 0.491. The van der Waals surface area contributed by atoms with Gasteiger partial charge >= 0.3 is 0 Å². The van der Waals surface area contributed by atoms with Crippen LogP contribution in [0.2, 0.25) is 0 Å². The van der Waals surface area contributed by atoms with Crippen LogP contribution >= 0.6 is 15.9 Å². The van der Waals surface area contributed by atoms with Crippen LogP contribution in [-0.2, 0) is 0 Å².